The molecule has 0 aliphatic carbocycles. The number of aliphatic carboxylic acids is 1. The summed E-state index contributed by atoms with van der Waals surface area (Å²) in [5, 5.41) is 12.4. The molecule has 0 atom stereocenters. The van der Waals surface area contributed by atoms with Crippen molar-refractivity contribution in [3.8, 4) is 5.69 Å². The molecule has 0 saturated carbocycles. The third kappa shape index (κ3) is 2.84. The molecule has 0 aliphatic heterocycles. The number of aromatic nitrogens is 2. The zero-order chi connectivity index (χ0) is 13.1. The Hall–Kier alpha value is -1.95. The number of hydrogen-bond donors (Lipinski definition) is 1. The highest BCUT2D eigenvalue weighted by atomic mass is 79.9. The van der Waals surface area contributed by atoms with E-state index in [0.717, 1.165) is 10.5 Å². The van der Waals surface area contributed by atoms with Gasteiger partial charge in [-0.05, 0) is 39.7 Å². The molecule has 92 valence electrons. The highest BCUT2D eigenvalue weighted by molar-refractivity contribution is 9.10. The number of rotatable bonds is 3. The van der Waals surface area contributed by atoms with Crippen molar-refractivity contribution in [3.63, 3.8) is 0 Å². The van der Waals surface area contributed by atoms with Crippen molar-refractivity contribution in [2.24, 2.45) is 0 Å². The Balaban J connectivity index is 2.33. The normalized spacial score (nSPS) is 11.0. The maximum atomic E-state index is 13.8. The standard InChI is InChI=1S/C12H8BrFN2O2/c13-9-6-15-16(7-9)11-3-1-8(5-10(11)14)2-4-12(17)18/h1-7H,(H,17,18)/b4-2-. The highest BCUT2D eigenvalue weighted by Crippen LogP contribution is 2.17. The second-order valence-corrected chi connectivity index (χ2v) is 4.40. The highest BCUT2D eigenvalue weighted by Gasteiger charge is 2.06. The van der Waals surface area contributed by atoms with Gasteiger partial charge in [0, 0.05) is 12.3 Å². The molecule has 0 spiro atoms. The van der Waals surface area contributed by atoms with Gasteiger partial charge in [0.25, 0.3) is 0 Å². The zero-order valence-electron chi connectivity index (χ0n) is 9.05. The quantitative estimate of drug-likeness (QED) is 0.887. The molecule has 6 heteroatoms. The molecule has 0 amide bonds. The molecule has 18 heavy (non-hydrogen) atoms. The average molecular weight is 311 g/mol. The van der Waals surface area contributed by atoms with Crippen LogP contribution in [-0.2, 0) is 4.79 Å². The van der Waals surface area contributed by atoms with Crippen LogP contribution < -0.4 is 0 Å². The van der Waals surface area contributed by atoms with E-state index < -0.39 is 11.8 Å². The van der Waals surface area contributed by atoms with Gasteiger partial charge in [-0.15, -0.1) is 0 Å². The Morgan fingerprint density at radius 2 is 2.28 bits per heavy atom. The minimum Gasteiger partial charge on any atom is -0.478 e. The van der Waals surface area contributed by atoms with E-state index in [-0.39, 0.29) is 0 Å². The van der Waals surface area contributed by atoms with E-state index in [9.17, 15) is 9.18 Å². The molecule has 0 fully saturated rings. The van der Waals surface area contributed by atoms with Crippen LogP contribution in [0.3, 0.4) is 0 Å². The number of halogens is 2. The SMILES string of the molecule is O=C(O)/C=C\c1ccc(-n2cc(Br)cn2)c(F)c1. The number of hydrogen-bond acceptors (Lipinski definition) is 2. The van der Waals surface area contributed by atoms with Gasteiger partial charge in [-0.2, -0.15) is 5.10 Å². The van der Waals surface area contributed by atoms with Gasteiger partial charge in [0.2, 0.25) is 0 Å². The van der Waals surface area contributed by atoms with E-state index in [1.54, 1.807) is 18.5 Å². The molecular weight excluding hydrogens is 303 g/mol. The van der Waals surface area contributed by atoms with Gasteiger partial charge in [0.05, 0.1) is 10.7 Å². The van der Waals surface area contributed by atoms with Gasteiger partial charge in [-0.1, -0.05) is 6.07 Å². The van der Waals surface area contributed by atoms with E-state index >= 15 is 0 Å². The predicted octanol–water partition coefficient (Wildman–Crippen LogP) is 2.87. The molecule has 0 aliphatic rings. The van der Waals surface area contributed by atoms with Crippen molar-refractivity contribution < 1.29 is 14.3 Å². The lowest BCUT2D eigenvalue weighted by Crippen LogP contribution is -1.98. The fourth-order valence-electron chi connectivity index (χ4n) is 1.41. The van der Waals surface area contributed by atoms with Crippen LogP contribution in [-0.4, -0.2) is 20.9 Å². The molecule has 0 unspecified atom stereocenters. The van der Waals surface area contributed by atoms with Crippen LogP contribution in [0.15, 0.2) is 41.1 Å². The third-order valence-corrected chi connectivity index (χ3v) is 2.60. The van der Waals surface area contributed by atoms with Gasteiger partial charge in [0.15, 0.2) is 0 Å². The Bertz CT molecular complexity index is 622. The maximum absolute atomic E-state index is 13.8. The Labute approximate surface area is 110 Å². The lowest BCUT2D eigenvalue weighted by molar-refractivity contribution is -0.131. The minimum atomic E-state index is -1.07. The predicted molar refractivity (Wildman–Crippen MR) is 67.9 cm³/mol. The van der Waals surface area contributed by atoms with Gasteiger partial charge >= 0.3 is 5.97 Å². The van der Waals surface area contributed by atoms with Gasteiger partial charge in [0.1, 0.15) is 11.5 Å². The monoisotopic (exact) mass is 310 g/mol. The summed E-state index contributed by atoms with van der Waals surface area (Å²) in [4.78, 5) is 10.3. The molecule has 0 bridgehead atoms. The Morgan fingerprint density at radius 3 is 2.83 bits per heavy atom. The lowest BCUT2D eigenvalue weighted by Gasteiger charge is -2.03. The zero-order valence-corrected chi connectivity index (χ0v) is 10.6. The van der Waals surface area contributed by atoms with E-state index in [2.05, 4.69) is 21.0 Å². The van der Waals surface area contributed by atoms with Gasteiger partial charge in [-0.3, -0.25) is 0 Å². The van der Waals surface area contributed by atoms with Gasteiger partial charge in [-0.25, -0.2) is 13.9 Å². The fourth-order valence-corrected chi connectivity index (χ4v) is 1.70. The molecule has 0 saturated heterocycles. The van der Waals surface area contributed by atoms with Crippen LogP contribution in [0.2, 0.25) is 0 Å². The summed E-state index contributed by atoms with van der Waals surface area (Å²) >= 11 is 3.23. The molecule has 0 radical (unpaired) electrons. The first kappa shape index (κ1) is 12.5. The largest absolute Gasteiger partial charge is 0.478 e. The first-order valence-electron chi connectivity index (χ1n) is 4.97. The van der Waals surface area contributed by atoms with Crippen LogP contribution in [0, 0.1) is 5.82 Å². The summed E-state index contributed by atoms with van der Waals surface area (Å²) in [6.07, 6.45) is 5.47. The van der Waals surface area contributed by atoms with Gasteiger partial charge < -0.3 is 5.11 Å². The molecule has 2 rings (SSSR count). The summed E-state index contributed by atoms with van der Waals surface area (Å²) in [5.74, 6) is -1.55. The first-order valence-corrected chi connectivity index (χ1v) is 5.76. The number of nitrogens with zero attached hydrogens (tertiary/aromatic N) is 2. The molecule has 1 aromatic carbocycles. The second kappa shape index (κ2) is 5.14. The van der Waals surface area contributed by atoms with Crippen LogP contribution in [0.4, 0.5) is 4.39 Å². The smallest absolute Gasteiger partial charge is 0.328 e. The summed E-state index contributed by atoms with van der Waals surface area (Å²) in [6, 6.07) is 4.41. The minimum absolute atomic E-state index is 0.299. The van der Waals surface area contributed by atoms with E-state index in [4.69, 9.17) is 5.11 Å². The summed E-state index contributed by atoms with van der Waals surface area (Å²) in [7, 11) is 0. The van der Waals surface area contributed by atoms with E-state index in [1.807, 2.05) is 0 Å². The fraction of sp³-hybridized carbons (Fsp3) is 0. The molecule has 1 aromatic heterocycles. The second-order valence-electron chi connectivity index (χ2n) is 3.49. The van der Waals surface area contributed by atoms with Crippen molar-refractivity contribution in [2.45, 2.75) is 0 Å². The number of carbonyl (C=O) groups is 1. The number of carboxylic acid groups (broad SMARTS) is 1. The van der Waals surface area contributed by atoms with Crippen molar-refractivity contribution in [1.29, 1.82) is 0 Å². The molecule has 1 heterocycles. The van der Waals surface area contributed by atoms with Crippen LogP contribution in [0.1, 0.15) is 5.56 Å². The van der Waals surface area contributed by atoms with Crippen molar-refractivity contribution in [3.05, 3.63) is 52.5 Å². The van der Waals surface area contributed by atoms with Crippen LogP contribution in [0.25, 0.3) is 11.8 Å². The molecule has 2 aromatic rings. The first-order chi connectivity index (χ1) is 8.56. The maximum Gasteiger partial charge on any atom is 0.328 e. The average Bonchev–Trinajstić information content (AvgIpc) is 2.73. The van der Waals surface area contributed by atoms with E-state index in [1.165, 1.54) is 22.9 Å². The summed E-state index contributed by atoms with van der Waals surface area (Å²) < 4.78 is 16.0. The molecule has 1 N–H and O–H groups in total. The van der Waals surface area contributed by atoms with Crippen molar-refractivity contribution in [2.75, 3.05) is 0 Å². The van der Waals surface area contributed by atoms with Crippen LogP contribution >= 0.6 is 15.9 Å². The third-order valence-electron chi connectivity index (χ3n) is 2.19. The molecular formula is C12H8BrFN2O2. The Morgan fingerprint density at radius 1 is 1.50 bits per heavy atom. The number of carboxylic acids is 1. The topological polar surface area (TPSA) is 55.1 Å². The molecule has 4 nitrogen and oxygen atoms in total. The van der Waals surface area contributed by atoms with Crippen molar-refractivity contribution >= 4 is 28.0 Å². The van der Waals surface area contributed by atoms with Crippen LogP contribution in [0.5, 0.6) is 0 Å². The number of benzene rings is 1. The lowest BCUT2D eigenvalue weighted by atomic mass is 10.2. The summed E-state index contributed by atoms with van der Waals surface area (Å²) in [5.41, 5.74) is 0.776. The van der Waals surface area contributed by atoms with E-state index in [0.29, 0.717) is 11.3 Å². The Kier molecular flexibility index (Phi) is 3.57. The van der Waals surface area contributed by atoms with Crippen molar-refractivity contribution in [1.82, 2.24) is 9.78 Å². The summed E-state index contributed by atoms with van der Waals surface area (Å²) in [6.45, 7) is 0.